The molecular formula is C16H22N4O3. The Morgan fingerprint density at radius 1 is 1.26 bits per heavy atom. The molecule has 1 amide bonds. The zero-order valence-corrected chi connectivity index (χ0v) is 13.8. The lowest BCUT2D eigenvalue weighted by Gasteiger charge is -2.31. The van der Waals surface area contributed by atoms with E-state index >= 15 is 0 Å². The molecule has 0 aromatic carbocycles. The van der Waals surface area contributed by atoms with E-state index in [0.29, 0.717) is 29.6 Å². The molecule has 0 saturated carbocycles. The molecule has 1 N–H and O–H groups in total. The quantitative estimate of drug-likeness (QED) is 0.928. The normalized spacial score (nSPS) is 16.7. The summed E-state index contributed by atoms with van der Waals surface area (Å²) in [5.41, 5.74) is 0.631. The van der Waals surface area contributed by atoms with Gasteiger partial charge in [0.2, 0.25) is 11.8 Å². The molecular weight excluding hydrogens is 296 g/mol. The number of carbonyl (C=O) groups is 1. The highest BCUT2D eigenvalue weighted by atomic mass is 16.4. The number of carbonyl (C=O) groups excluding carboxylic acids is 1. The topological polar surface area (TPSA) is 84.4 Å². The van der Waals surface area contributed by atoms with Crippen molar-refractivity contribution in [3.8, 4) is 0 Å². The van der Waals surface area contributed by atoms with Crippen LogP contribution in [-0.4, -0.2) is 40.1 Å². The van der Waals surface area contributed by atoms with Gasteiger partial charge in [-0.2, -0.15) is 0 Å². The van der Waals surface area contributed by atoms with Gasteiger partial charge in [0.05, 0.1) is 12.1 Å². The Hall–Kier alpha value is -2.15. The Morgan fingerprint density at radius 3 is 2.57 bits per heavy atom. The summed E-state index contributed by atoms with van der Waals surface area (Å²) in [4.78, 5) is 14.6. The number of aromatic nitrogens is 2. The summed E-state index contributed by atoms with van der Waals surface area (Å²) in [6, 6.07) is 1.98. The summed E-state index contributed by atoms with van der Waals surface area (Å²) in [6.45, 7) is 7.92. The van der Waals surface area contributed by atoms with Crippen molar-refractivity contribution in [2.45, 2.75) is 46.2 Å². The van der Waals surface area contributed by atoms with Gasteiger partial charge in [0.25, 0.3) is 5.91 Å². The first-order valence-corrected chi connectivity index (χ1v) is 7.90. The molecule has 0 unspecified atom stereocenters. The summed E-state index contributed by atoms with van der Waals surface area (Å²) >= 11 is 0. The lowest BCUT2D eigenvalue weighted by Crippen LogP contribution is -2.44. The summed E-state index contributed by atoms with van der Waals surface area (Å²) in [5.74, 6) is 2.62. The summed E-state index contributed by atoms with van der Waals surface area (Å²) < 4.78 is 10.8. The molecule has 1 saturated heterocycles. The fraction of sp³-hybridized carbons (Fsp3) is 0.562. The van der Waals surface area contributed by atoms with E-state index < -0.39 is 0 Å². The second-order valence-electron chi connectivity index (χ2n) is 6.07. The minimum Gasteiger partial charge on any atom is -0.466 e. The van der Waals surface area contributed by atoms with Crippen LogP contribution >= 0.6 is 0 Å². The maximum atomic E-state index is 12.3. The average molecular weight is 318 g/mol. The predicted molar refractivity (Wildman–Crippen MR) is 83.0 cm³/mol. The number of furan rings is 1. The molecule has 7 nitrogen and oxygen atoms in total. The third-order valence-electron chi connectivity index (χ3n) is 4.14. The number of nitrogens with one attached hydrogen (secondary N) is 1. The first-order chi connectivity index (χ1) is 11.0. The van der Waals surface area contributed by atoms with E-state index in [4.69, 9.17) is 8.83 Å². The van der Waals surface area contributed by atoms with Crippen molar-refractivity contribution < 1.29 is 13.6 Å². The number of likely N-dealkylation sites (tertiary alicyclic amines) is 1. The molecule has 3 rings (SSSR count). The highest BCUT2D eigenvalue weighted by Gasteiger charge is 2.23. The Labute approximate surface area is 135 Å². The van der Waals surface area contributed by atoms with E-state index in [2.05, 4.69) is 20.4 Å². The Bertz CT molecular complexity index is 683. The smallest absolute Gasteiger partial charge is 0.255 e. The van der Waals surface area contributed by atoms with Crippen LogP contribution in [0.1, 0.15) is 46.5 Å². The van der Waals surface area contributed by atoms with Gasteiger partial charge in [-0.05, 0) is 32.8 Å². The number of hydrogen-bond donors (Lipinski definition) is 1. The first kappa shape index (κ1) is 15.7. The Morgan fingerprint density at radius 2 is 2.00 bits per heavy atom. The van der Waals surface area contributed by atoms with Crippen LogP contribution < -0.4 is 5.32 Å². The summed E-state index contributed by atoms with van der Waals surface area (Å²) in [7, 11) is 0. The molecule has 1 fully saturated rings. The van der Waals surface area contributed by atoms with Crippen LogP contribution in [0.4, 0.5) is 0 Å². The largest absolute Gasteiger partial charge is 0.466 e. The number of hydrogen-bond acceptors (Lipinski definition) is 6. The lowest BCUT2D eigenvalue weighted by molar-refractivity contribution is 0.0904. The maximum absolute atomic E-state index is 12.3. The molecule has 0 radical (unpaired) electrons. The van der Waals surface area contributed by atoms with Crippen molar-refractivity contribution in [1.82, 2.24) is 20.4 Å². The second-order valence-corrected chi connectivity index (χ2v) is 6.07. The third kappa shape index (κ3) is 3.79. The van der Waals surface area contributed by atoms with Crippen LogP contribution in [0.5, 0.6) is 0 Å². The van der Waals surface area contributed by atoms with Crippen LogP contribution in [0.3, 0.4) is 0 Å². The fourth-order valence-corrected chi connectivity index (χ4v) is 2.95. The number of rotatable bonds is 4. The number of nitrogens with zero attached hydrogens (tertiary/aromatic N) is 3. The van der Waals surface area contributed by atoms with Crippen molar-refractivity contribution in [1.29, 1.82) is 0 Å². The molecule has 7 heteroatoms. The number of piperidine rings is 1. The van der Waals surface area contributed by atoms with Crippen molar-refractivity contribution in [3.63, 3.8) is 0 Å². The highest BCUT2D eigenvalue weighted by molar-refractivity contribution is 5.95. The minimum absolute atomic E-state index is 0.0506. The zero-order valence-electron chi connectivity index (χ0n) is 13.8. The molecule has 3 heterocycles. The second kappa shape index (κ2) is 6.54. The monoisotopic (exact) mass is 318 g/mol. The van der Waals surface area contributed by atoms with E-state index in [9.17, 15) is 4.79 Å². The van der Waals surface area contributed by atoms with E-state index in [0.717, 1.165) is 31.7 Å². The number of aryl methyl sites for hydroxylation is 3. The molecule has 0 aliphatic carbocycles. The van der Waals surface area contributed by atoms with Crippen LogP contribution in [0.25, 0.3) is 0 Å². The molecule has 0 bridgehead atoms. The first-order valence-electron chi connectivity index (χ1n) is 7.90. The molecule has 2 aromatic heterocycles. The Balaban J connectivity index is 1.49. The van der Waals surface area contributed by atoms with Gasteiger partial charge in [0.15, 0.2) is 0 Å². The molecule has 2 aromatic rings. The van der Waals surface area contributed by atoms with E-state index in [1.54, 1.807) is 13.0 Å². The molecule has 124 valence electrons. The lowest BCUT2D eigenvalue weighted by atomic mass is 10.0. The van der Waals surface area contributed by atoms with Crippen LogP contribution in [0.2, 0.25) is 0 Å². The van der Waals surface area contributed by atoms with Crippen molar-refractivity contribution in [3.05, 3.63) is 34.9 Å². The van der Waals surface area contributed by atoms with Gasteiger partial charge in [-0.1, -0.05) is 0 Å². The van der Waals surface area contributed by atoms with E-state index in [1.807, 2.05) is 13.8 Å². The fourth-order valence-electron chi connectivity index (χ4n) is 2.95. The summed E-state index contributed by atoms with van der Waals surface area (Å²) in [6.07, 6.45) is 1.82. The van der Waals surface area contributed by atoms with Crippen molar-refractivity contribution >= 4 is 5.91 Å². The zero-order chi connectivity index (χ0) is 16.4. The average Bonchev–Trinajstić information content (AvgIpc) is 3.06. The molecule has 1 aliphatic heterocycles. The SMILES string of the molecule is Cc1cc(C(=O)NC2CCN(Cc3nnc(C)o3)CC2)c(C)o1. The van der Waals surface area contributed by atoms with Gasteiger partial charge in [-0.25, -0.2) is 0 Å². The molecule has 0 spiro atoms. The van der Waals surface area contributed by atoms with Gasteiger partial charge in [-0.15, -0.1) is 10.2 Å². The van der Waals surface area contributed by atoms with Gasteiger partial charge < -0.3 is 14.2 Å². The predicted octanol–water partition coefficient (Wildman–Crippen LogP) is 1.98. The maximum Gasteiger partial charge on any atom is 0.255 e. The van der Waals surface area contributed by atoms with Gasteiger partial charge >= 0.3 is 0 Å². The number of amides is 1. The van der Waals surface area contributed by atoms with E-state index in [1.165, 1.54) is 0 Å². The van der Waals surface area contributed by atoms with Crippen molar-refractivity contribution in [2.24, 2.45) is 0 Å². The van der Waals surface area contributed by atoms with Gasteiger partial charge in [0.1, 0.15) is 11.5 Å². The van der Waals surface area contributed by atoms with Gasteiger partial charge in [-0.3, -0.25) is 9.69 Å². The minimum atomic E-state index is -0.0506. The highest BCUT2D eigenvalue weighted by Crippen LogP contribution is 2.17. The third-order valence-corrected chi connectivity index (χ3v) is 4.14. The van der Waals surface area contributed by atoms with Gasteiger partial charge in [0, 0.05) is 26.1 Å². The van der Waals surface area contributed by atoms with Crippen LogP contribution in [-0.2, 0) is 6.54 Å². The van der Waals surface area contributed by atoms with Crippen LogP contribution in [0, 0.1) is 20.8 Å². The molecule has 1 aliphatic rings. The molecule has 23 heavy (non-hydrogen) atoms. The standard InChI is InChI=1S/C16H22N4O3/c1-10-8-14(11(2)22-10)16(21)17-13-4-6-20(7-5-13)9-15-19-18-12(3)23-15/h8,13H,4-7,9H2,1-3H3,(H,17,21). The Kier molecular flexibility index (Phi) is 4.47. The van der Waals surface area contributed by atoms with Crippen molar-refractivity contribution in [2.75, 3.05) is 13.1 Å². The van der Waals surface area contributed by atoms with Crippen LogP contribution in [0.15, 0.2) is 14.9 Å². The molecule has 0 atom stereocenters. The summed E-state index contributed by atoms with van der Waals surface area (Å²) in [5, 5.41) is 11.0. The van der Waals surface area contributed by atoms with E-state index in [-0.39, 0.29) is 11.9 Å².